The smallest absolute Gasteiger partial charge is 0.238 e. The fourth-order valence-electron chi connectivity index (χ4n) is 2.89. The van der Waals surface area contributed by atoms with Gasteiger partial charge < -0.3 is 11.1 Å². The zero-order valence-corrected chi connectivity index (χ0v) is 14.8. The second-order valence-electron chi connectivity index (χ2n) is 6.79. The number of carbonyl (C=O) groups excluding carboxylic acids is 2. The molecule has 6 nitrogen and oxygen atoms in total. The van der Waals surface area contributed by atoms with E-state index in [0.29, 0.717) is 6.54 Å². The van der Waals surface area contributed by atoms with E-state index in [2.05, 4.69) is 28.1 Å². The average molecular weight is 332 g/mol. The first kappa shape index (κ1) is 18.4. The fraction of sp³-hybridized carbons (Fsp3) is 0.556. The van der Waals surface area contributed by atoms with Crippen molar-refractivity contribution in [1.29, 1.82) is 0 Å². The molecular weight excluding hydrogens is 304 g/mol. The summed E-state index contributed by atoms with van der Waals surface area (Å²) in [6.07, 6.45) is 0.946. The van der Waals surface area contributed by atoms with Crippen LogP contribution in [0.1, 0.15) is 26.3 Å². The molecule has 24 heavy (non-hydrogen) atoms. The van der Waals surface area contributed by atoms with Gasteiger partial charge in [0, 0.05) is 31.9 Å². The van der Waals surface area contributed by atoms with Crippen LogP contribution in [0.5, 0.6) is 0 Å². The number of hydrogen-bond acceptors (Lipinski definition) is 4. The van der Waals surface area contributed by atoms with Crippen molar-refractivity contribution in [3.63, 3.8) is 0 Å². The van der Waals surface area contributed by atoms with Gasteiger partial charge >= 0.3 is 0 Å². The highest BCUT2D eigenvalue weighted by atomic mass is 16.2. The Kier molecular flexibility index (Phi) is 5.96. The van der Waals surface area contributed by atoms with E-state index in [-0.39, 0.29) is 11.8 Å². The molecule has 0 radical (unpaired) electrons. The van der Waals surface area contributed by atoms with Crippen LogP contribution in [0.15, 0.2) is 24.3 Å². The maximum atomic E-state index is 12.2. The van der Waals surface area contributed by atoms with Crippen molar-refractivity contribution in [2.45, 2.75) is 32.7 Å². The van der Waals surface area contributed by atoms with Crippen LogP contribution in [0, 0.1) is 0 Å². The lowest BCUT2D eigenvalue weighted by Crippen LogP contribution is -2.60. The normalized spacial score (nSPS) is 16.8. The number of piperazine rings is 1. The summed E-state index contributed by atoms with van der Waals surface area (Å²) >= 11 is 0. The molecule has 0 spiro atoms. The standard InChI is InChI=1S/C18H28N4O2/c1-4-14-6-5-7-15(12-14)20-16(23)13-21-8-10-22(11-9-21)18(2,3)17(19)24/h5-7,12H,4,8-11,13H2,1-3H3,(H2,19,24)(H,20,23). The molecule has 0 saturated carbocycles. The molecule has 0 aromatic heterocycles. The molecule has 2 rings (SSSR count). The van der Waals surface area contributed by atoms with Crippen molar-refractivity contribution in [2.24, 2.45) is 5.73 Å². The van der Waals surface area contributed by atoms with Gasteiger partial charge in [-0.2, -0.15) is 0 Å². The van der Waals surface area contributed by atoms with Crippen molar-refractivity contribution in [3.05, 3.63) is 29.8 Å². The second kappa shape index (κ2) is 7.77. The number of hydrogen-bond donors (Lipinski definition) is 2. The highest BCUT2D eigenvalue weighted by Gasteiger charge is 2.34. The minimum Gasteiger partial charge on any atom is -0.368 e. The van der Waals surface area contributed by atoms with Gasteiger partial charge in [-0.1, -0.05) is 19.1 Å². The highest BCUT2D eigenvalue weighted by molar-refractivity contribution is 5.92. The molecule has 132 valence electrons. The summed E-state index contributed by atoms with van der Waals surface area (Å²) in [5.74, 6) is -0.324. The van der Waals surface area contributed by atoms with Gasteiger partial charge in [-0.25, -0.2) is 0 Å². The number of nitrogens with one attached hydrogen (secondary N) is 1. The number of benzene rings is 1. The molecule has 3 N–H and O–H groups in total. The third-order valence-corrected chi connectivity index (χ3v) is 4.75. The average Bonchev–Trinajstić information content (AvgIpc) is 2.55. The topological polar surface area (TPSA) is 78.7 Å². The summed E-state index contributed by atoms with van der Waals surface area (Å²) in [5, 5.41) is 2.96. The van der Waals surface area contributed by atoms with E-state index >= 15 is 0 Å². The Labute approximate surface area is 144 Å². The van der Waals surface area contributed by atoms with Gasteiger partial charge in [0.2, 0.25) is 11.8 Å². The van der Waals surface area contributed by atoms with Gasteiger partial charge in [-0.15, -0.1) is 0 Å². The van der Waals surface area contributed by atoms with Crippen LogP contribution in [0.2, 0.25) is 0 Å². The van der Waals surface area contributed by atoms with E-state index < -0.39 is 5.54 Å². The molecule has 2 amide bonds. The van der Waals surface area contributed by atoms with Gasteiger partial charge in [0.25, 0.3) is 0 Å². The van der Waals surface area contributed by atoms with Gasteiger partial charge in [-0.3, -0.25) is 19.4 Å². The van der Waals surface area contributed by atoms with E-state index in [0.717, 1.165) is 38.3 Å². The number of aryl methyl sites for hydroxylation is 1. The van der Waals surface area contributed by atoms with Gasteiger partial charge in [-0.05, 0) is 38.0 Å². The molecular formula is C18H28N4O2. The molecule has 0 bridgehead atoms. The van der Waals surface area contributed by atoms with Crippen LogP contribution in [0.3, 0.4) is 0 Å². The third-order valence-electron chi connectivity index (χ3n) is 4.75. The summed E-state index contributed by atoms with van der Waals surface area (Å²) in [4.78, 5) is 27.9. The first-order valence-corrected chi connectivity index (χ1v) is 8.49. The molecule has 0 aliphatic carbocycles. The van der Waals surface area contributed by atoms with Crippen molar-refractivity contribution in [1.82, 2.24) is 9.80 Å². The maximum Gasteiger partial charge on any atom is 0.238 e. The van der Waals surface area contributed by atoms with E-state index in [1.54, 1.807) is 0 Å². The molecule has 1 aliphatic heterocycles. The molecule has 6 heteroatoms. The summed E-state index contributed by atoms with van der Waals surface area (Å²) in [7, 11) is 0. The molecule has 1 heterocycles. The van der Waals surface area contributed by atoms with Crippen molar-refractivity contribution in [2.75, 3.05) is 38.0 Å². The Morgan fingerprint density at radius 3 is 2.46 bits per heavy atom. The Morgan fingerprint density at radius 1 is 1.21 bits per heavy atom. The van der Waals surface area contributed by atoms with Crippen LogP contribution < -0.4 is 11.1 Å². The summed E-state index contributed by atoms with van der Waals surface area (Å²) in [6.45, 7) is 9.10. The SMILES string of the molecule is CCc1cccc(NC(=O)CN2CCN(C(C)(C)C(N)=O)CC2)c1. The number of amides is 2. The van der Waals surface area contributed by atoms with E-state index in [4.69, 9.17) is 5.73 Å². The molecule has 1 aromatic carbocycles. The first-order valence-electron chi connectivity index (χ1n) is 8.49. The van der Waals surface area contributed by atoms with Crippen molar-refractivity contribution < 1.29 is 9.59 Å². The third kappa shape index (κ3) is 4.55. The molecule has 1 fully saturated rings. The monoisotopic (exact) mass is 332 g/mol. The van der Waals surface area contributed by atoms with Crippen LogP contribution in [-0.4, -0.2) is 59.9 Å². The van der Waals surface area contributed by atoms with Gasteiger partial charge in [0.05, 0.1) is 12.1 Å². The van der Waals surface area contributed by atoms with Crippen molar-refractivity contribution >= 4 is 17.5 Å². The zero-order valence-electron chi connectivity index (χ0n) is 14.8. The zero-order chi connectivity index (χ0) is 17.7. The molecule has 0 unspecified atom stereocenters. The lowest BCUT2D eigenvalue weighted by Gasteiger charge is -2.42. The molecule has 1 aliphatic rings. The van der Waals surface area contributed by atoms with Crippen LogP contribution >= 0.6 is 0 Å². The van der Waals surface area contributed by atoms with E-state index in [9.17, 15) is 9.59 Å². The fourth-order valence-corrected chi connectivity index (χ4v) is 2.89. The van der Waals surface area contributed by atoms with E-state index in [1.165, 1.54) is 5.56 Å². The lowest BCUT2D eigenvalue weighted by molar-refractivity contribution is -0.130. The highest BCUT2D eigenvalue weighted by Crippen LogP contribution is 2.16. The number of rotatable bonds is 6. The van der Waals surface area contributed by atoms with Crippen LogP contribution in [0.4, 0.5) is 5.69 Å². The van der Waals surface area contributed by atoms with Crippen LogP contribution in [0.25, 0.3) is 0 Å². The minimum atomic E-state index is -0.644. The lowest BCUT2D eigenvalue weighted by atomic mass is 10.0. The number of carbonyl (C=O) groups is 2. The Bertz CT molecular complexity index is 592. The molecule has 0 atom stereocenters. The number of anilines is 1. The summed E-state index contributed by atoms with van der Waals surface area (Å²) < 4.78 is 0. The van der Waals surface area contributed by atoms with E-state index in [1.807, 2.05) is 32.0 Å². The summed E-state index contributed by atoms with van der Waals surface area (Å²) in [6, 6.07) is 7.92. The first-order chi connectivity index (χ1) is 11.3. The molecule has 1 saturated heterocycles. The Balaban J connectivity index is 1.83. The number of nitrogens with two attached hydrogens (primary N) is 1. The number of primary amides is 1. The predicted molar refractivity (Wildman–Crippen MR) is 95.7 cm³/mol. The molecule has 1 aromatic rings. The minimum absolute atomic E-state index is 0.00846. The second-order valence-corrected chi connectivity index (χ2v) is 6.79. The predicted octanol–water partition coefficient (Wildman–Crippen LogP) is 1.07. The quantitative estimate of drug-likeness (QED) is 0.817. The largest absolute Gasteiger partial charge is 0.368 e. The van der Waals surface area contributed by atoms with Gasteiger partial charge in [0.15, 0.2) is 0 Å². The number of nitrogens with zero attached hydrogens (tertiary/aromatic N) is 2. The van der Waals surface area contributed by atoms with Crippen molar-refractivity contribution in [3.8, 4) is 0 Å². The van der Waals surface area contributed by atoms with Gasteiger partial charge in [0.1, 0.15) is 0 Å². The van der Waals surface area contributed by atoms with Crippen LogP contribution in [-0.2, 0) is 16.0 Å². The Morgan fingerprint density at radius 2 is 1.88 bits per heavy atom. The summed E-state index contributed by atoms with van der Waals surface area (Å²) in [5.41, 5.74) is 6.87. The Hall–Kier alpha value is -1.92. The maximum absolute atomic E-state index is 12.2.